The summed E-state index contributed by atoms with van der Waals surface area (Å²) in [5.41, 5.74) is 14.0. The number of hydrogen-bond donors (Lipinski definition) is 0. The molecule has 1 spiro atoms. The lowest BCUT2D eigenvalue weighted by Gasteiger charge is -2.49. The van der Waals surface area contributed by atoms with E-state index in [1.54, 1.807) is 0 Å². The SMILES string of the molecule is C[Si]1(C)c2ccccc2C2(c3ccccc3-n3c4ccccc4c4cccc2c43)c2cc(-c3ccc(-c4ccc5ccccc5c4)cc3)ccc21. The Bertz CT molecular complexity index is 2890. The van der Waals surface area contributed by atoms with Gasteiger partial charge in [-0.1, -0.05) is 165 Å². The predicted octanol–water partition coefficient (Wildman–Crippen LogP) is 11.1. The second-order valence-corrected chi connectivity index (χ2v) is 19.2. The maximum absolute atomic E-state index is 2.55. The van der Waals surface area contributed by atoms with Gasteiger partial charge in [0.05, 0.1) is 22.1 Å². The Kier molecular flexibility index (Phi) is 5.82. The van der Waals surface area contributed by atoms with Crippen LogP contribution < -0.4 is 10.4 Å². The Hall–Kier alpha value is -5.96. The van der Waals surface area contributed by atoms with Gasteiger partial charge in [0.25, 0.3) is 0 Å². The molecule has 1 aromatic heterocycles. The van der Waals surface area contributed by atoms with Crippen molar-refractivity contribution in [2.75, 3.05) is 0 Å². The molecule has 0 radical (unpaired) electrons. The summed E-state index contributed by atoms with van der Waals surface area (Å²) in [6.07, 6.45) is 0. The van der Waals surface area contributed by atoms with E-state index in [0.717, 1.165) is 0 Å². The average Bonchev–Trinajstić information content (AvgIpc) is 3.53. The summed E-state index contributed by atoms with van der Waals surface area (Å²) in [5.74, 6) is 0. The first-order chi connectivity index (χ1) is 25.0. The van der Waals surface area contributed by atoms with E-state index in [1.165, 1.54) is 93.1 Å². The molecule has 0 saturated carbocycles. The van der Waals surface area contributed by atoms with Gasteiger partial charge in [-0.3, -0.25) is 0 Å². The molecule has 1 atom stereocenters. The number of aromatic nitrogens is 1. The van der Waals surface area contributed by atoms with Crippen molar-refractivity contribution >= 4 is 51.0 Å². The van der Waals surface area contributed by atoms with Crippen LogP contribution in [0.4, 0.5) is 0 Å². The summed E-state index contributed by atoms with van der Waals surface area (Å²) >= 11 is 0. The van der Waals surface area contributed by atoms with Crippen LogP contribution >= 0.6 is 0 Å². The van der Waals surface area contributed by atoms with Crippen LogP contribution in [-0.4, -0.2) is 12.6 Å². The molecule has 0 amide bonds. The molecule has 51 heavy (non-hydrogen) atoms. The van der Waals surface area contributed by atoms with E-state index < -0.39 is 13.5 Å². The number of para-hydroxylation sites is 3. The van der Waals surface area contributed by atoms with Gasteiger partial charge in [-0.25, -0.2) is 0 Å². The standard InChI is InChI=1S/C49H35NSi/c1-51(2)46-21-10-7-17-41(46)49(40-16-6-9-20-45(40)50-44-19-8-5-14-38(44)39-15-11-18-42(49)48(39)50)43-31-37(28-29-47(43)51)34-24-22-33(23-25-34)36-27-26-32-12-3-4-13-35(32)30-36/h3-31H,1-2H3. The Labute approximate surface area is 299 Å². The number of nitrogens with zero attached hydrogens (tertiary/aromatic N) is 1. The minimum atomic E-state index is -2.08. The van der Waals surface area contributed by atoms with Crippen molar-refractivity contribution < 1.29 is 0 Å². The molecule has 8 aromatic carbocycles. The molecule has 3 heterocycles. The molecule has 2 heteroatoms. The van der Waals surface area contributed by atoms with Gasteiger partial charge in [-0.05, 0) is 89.9 Å². The summed E-state index contributed by atoms with van der Waals surface area (Å²) in [6, 6.07) is 66.5. The Balaban J connectivity index is 1.19. The summed E-state index contributed by atoms with van der Waals surface area (Å²) < 4.78 is 2.54. The third-order valence-corrected chi connectivity index (χ3v) is 15.6. The van der Waals surface area contributed by atoms with Gasteiger partial charge in [0.2, 0.25) is 0 Å². The van der Waals surface area contributed by atoms with Crippen molar-refractivity contribution in [2.24, 2.45) is 0 Å². The van der Waals surface area contributed by atoms with Crippen LogP contribution in [0.3, 0.4) is 0 Å². The van der Waals surface area contributed by atoms with Gasteiger partial charge in [-0.15, -0.1) is 0 Å². The van der Waals surface area contributed by atoms with E-state index in [2.05, 4.69) is 194 Å². The van der Waals surface area contributed by atoms with Gasteiger partial charge in [-0.2, -0.15) is 0 Å². The molecule has 1 unspecified atom stereocenters. The highest BCUT2D eigenvalue weighted by molar-refractivity contribution is 7.01. The maximum Gasteiger partial charge on any atom is 0.113 e. The largest absolute Gasteiger partial charge is 0.309 e. The predicted molar refractivity (Wildman–Crippen MR) is 218 cm³/mol. The molecule has 0 aliphatic carbocycles. The van der Waals surface area contributed by atoms with Crippen LogP contribution in [0, 0.1) is 0 Å². The minimum Gasteiger partial charge on any atom is -0.309 e. The van der Waals surface area contributed by atoms with Crippen molar-refractivity contribution in [1.29, 1.82) is 0 Å². The third kappa shape index (κ3) is 3.75. The normalized spacial score (nSPS) is 16.7. The fraction of sp³-hybridized carbons (Fsp3) is 0.0612. The smallest absolute Gasteiger partial charge is 0.113 e. The Morgan fingerprint density at radius 3 is 1.84 bits per heavy atom. The van der Waals surface area contributed by atoms with E-state index >= 15 is 0 Å². The zero-order valence-electron chi connectivity index (χ0n) is 28.7. The molecular weight excluding hydrogens is 631 g/mol. The molecule has 0 bridgehead atoms. The molecule has 1 nitrogen and oxygen atoms in total. The van der Waals surface area contributed by atoms with E-state index in [9.17, 15) is 0 Å². The quantitative estimate of drug-likeness (QED) is 0.162. The Morgan fingerprint density at radius 2 is 1.00 bits per heavy atom. The third-order valence-electron chi connectivity index (χ3n) is 12.1. The monoisotopic (exact) mass is 665 g/mol. The van der Waals surface area contributed by atoms with Crippen molar-refractivity contribution in [1.82, 2.24) is 4.57 Å². The number of hydrogen-bond acceptors (Lipinski definition) is 0. The average molecular weight is 666 g/mol. The minimum absolute atomic E-state index is 0.462. The van der Waals surface area contributed by atoms with Crippen LogP contribution in [-0.2, 0) is 5.41 Å². The number of rotatable bonds is 2. The molecule has 9 aromatic rings. The number of benzene rings is 8. The van der Waals surface area contributed by atoms with Crippen LogP contribution in [0.2, 0.25) is 13.1 Å². The number of fused-ring (bicyclic) bond motifs is 12. The van der Waals surface area contributed by atoms with E-state index in [4.69, 9.17) is 0 Å². The fourth-order valence-electron chi connectivity index (χ4n) is 9.73. The first kappa shape index (κ1) is 28.8. The highest BCUT2D eigenvalue weighted by Gasteiger charge is 2.53. The van der Waals surface area contributed by atoms with Crippen LogP contribution in [0.15, 0.2) is 176 Å². The van der Waals surface area contributed by atoms with Gasteiger partial charge in [0.15, 0.2) is 0 Å². The molecule has 240 valence electrons. The fourth-order valence-corrected chi connectivity index (χ4v) is 12.9. The van der Waals surface area contributed by atoms with Crippen LogP contribution in [0.1, 0.15) is 22.3 Å². The highest BCUT2D eigenvalue weighted by atomic mass is 28.3. The van der Waals surface area contributed by atoms with Crippen molar-refractivity contribution in [3.8, 4) is 27.9 Å². The van der Waals surface area contributed by atoms with Gasteiger partial charge < -0.3 is 4.57 Å². The molecular formula is C49H35NSi. The maximum atomic E-state index is 2.55. The topological polar surface area (TPSA) is 4.93 Å². The van der Waals surface area contributed by atoms with Crippen molar-refractivity contribution in [2.45, 2.75) is 18.5 Å². The second-order valence-electron chi connectivity index (χ2n) is 14.9. The summed E-state index contributed by atoms with van der Waals surface area (Å²) in [6.45, 7) is 5.09. The Morgan fingerprint density at radius 1 is 0.412 bits per heavy atom. The van der Waals surface area contributed by atoms with E-state index in [1.807, 2.05) is 0 Å². The van der Waals surface area contributed by atoms with Crippen molar-refractivity contribution in [3.63, 3.8) is 0 Å². The first-order valence-corrected chi connectivity index (χ1v) is 21.0. The van der Waals surface area contributed by atoms with E-state index in [0.29, 0.717) is 0 Å². The molecule has 2 aliphatic heterocycles. The summed E-state index contributed by atoms with van der Waals surface area (Å²) in [4.78, 5) is 0. The highest BCUT2D eigenvalue weighted by Crippen LogP contribution is 2.55. The second kappa shape index (κ2) is 10.3. The lowest BCUT2D eigenvalue weighted by molar-refractivity contribution is 0.732. The lowest BCUT2D eigenvalue weighted by Crippen LogP contribution is -2.63. The first-order valence-electron chi connectivity index (χ1n) is 18.0. The zero-order valence-corrected chi connectivity index (χ0v) is 29.7. The van der Waals surface area contributed by atoms with Gasteiger partial charge in [0.1, 0.15) is 8.07 Å². The van der Waals surface area contributed by atoms with E-state index in [-0.39, 0.29) is 0 Å². The zero-order chi connectivity index (χ0) is 33.9. The molecule has 11 rings (SSSR count). The van der Waals surface area contributed by atoms with Crippen LogP contribution in [0.5, 0.6) is 0 Å². The van der Waals surface area contributed by atoms with Gasteiger partial charge in [0, 0.05) is 10.8 Å². The molecule has 0 saturated heterocycles. The van der Waals surface area contributed by atoms with Crippen molar-refractivity contribution in [3.05, 3.63) is 198 Å². The van der Waals surface area contributed by atoms with Crippen LogP contribution in [0.25, 0.3) is 60.5 Å². The summed E-state index contributed by atoms with van der Waals surface area (Å²) in [7, 11) is -2.08. The van der Waals surface area contributed by atoms with Gasteiger partial charge >= 0.3 is 0 Å². The lowest BCUT2D eigenvalue weighted by atomic mass is 9.62. The summed E-state index contributed by atoms with van der Waals surface area (Å²) in [5, 5.41) is 8.22. The molecule has 0 N–H and O–H groups in total. The molecule has 0 fully saturated rings. The molecule has 2 aliphatic rings.